The highest BCUT2D eigenvalue weighted by molar-refractivity contribution is 7.22. The monoisotopic (exact) mass is 711 g/mol. The number of amidine groups is 1. The molecule has 1 aromatic carbocycles. The lowest BCUT2D eigenvalue weighted by Gasteiger charge is -2.69. The van der Waals surface area contributed by atoms with Gasteiger partial charge in [-0.2, -0.15) is 5.10 Å². The van der Waals surface area contributed by atoms with Gasteiger partial charge in [-0.3, -0.25) is 4.68 Å². The fourth-order valence-electron chi connectivity index (χ4n) is 10.2. The summed E-state index contributed by atoms with van der Waals surface area (Å²) in [6, 6.07) is 10.9. The van der Waals surface area contributed by atoms with Crippen molar-refractivity contribution in [3.05, 3.63) is 77.0 Å². The number of allylic oxidation sites excluding steroid dienone is 1. The Labute approximate surface area is 300 Å². The summed E-state index contributed by atoms with van der Waals surface area (Å²) in [6.07, 6.45) is 9.41. The van der Waals surface area contributed by atoms with Crippen LogP contribution in [0.4, 0.5) is 5.13 Å². The predicted octanol–water partition coefficient (Wildman–Crippen LogP) is 6.51. The van der Waals surface area contributed by atoms with Crippen LogP contribution in [-0.2, 0) is 11.3 Å². The number of ether oxygens (including phenoxy) is 1. The van der Waals surface area contributed by atoms with E-state index in [1.54, 1.807) is 25.3 Å². The number of rotatable bonds is 11. The SMILES string of the molecule is CC(=C/C(N)=C(\O)c1ccc(-c2cnn(CC34CC5(C)CC(C)(C3)CC(OCCO)(C5)C4)c2C)c(C(=O)O)n1)/C(N)=N/c1nc2ccccc2s1. The molecule has 4 bridgehead atoms. The molecule has 4 aromatic rings. The summed E-state index contributed by atoms with van der Waals surface area (Å²) in [5.41, 5.74) is 15.4. The van der Waals surface area contributed by atoms with Crippen molar-refractivity contribution in [1.82, 2.24) is 19.7 Å². The molecule has 0 spiro atoms. The molecule has 7 N–H and O–H groups in total. The van der Waals surface area contributed by atoms with E-state index in [1.807, 2.05) is 35.9 Å². The summed E-state index contributed by atoms with van der Waals surface area (Å²) in [7, 11) is 0. The maximum atomic E-state index is 12.6. The smallest absolute Gasteiger partial charge is 0.355 e. The van der Waals surface area contributed by atoms with Crippen molar-refractivity contribution in [2.75, 3.05) is 13.2 Å². The number of carbonyl (C=O) groups is 1. The summed E-state index contributed by atoms with van der Waals surface area (Å²) >= 11 is 1.40. The second kappa shape index (κ2) is 12.6. The Bertz CT molecular complexity index is 2080. The first-order chi connectivity index (χ1) is 24.1. The maximum Gasteiger partial charge on any atom is 0.355 e. The van der Waals surface area contributed by atoms with Crippen LogP contribution >= 0.6 is 11.3 Å². The van der Waals surface area contributed by atoms with Crippen LogP contribution in [0.3, 0.4) is 0 Å². The van der Waals surface area contributed by atoms with Crippen molar-refractivity contribution in [1.29, 1.82) is 0 Å². The number of aromatic carboxylic acids is 1. The number of pyridine rings is 1. The predicted molar refractivity (Wildman–Crippen MR) is 198 cm³/mol. The van der Waals surface area contributed by atoms with Crippen LogP contribution in [0.15, 0.2) is 64.9 Å². The first kappa shape index (κ1) is 34.8. The molecule has 4 aliphatic carbocycles. The highest BCUT2D eigenvalue weighted by Crippen LogP contribution is 2.72. The third-order valence-electron chi connectivity index (χ3n) is 10.9. The van der Waals surface area contributed by atoms with Crippen LogP contribution in [0.5, 0.6) is 0 Å². The van der Waals surface area contributed by atoms with Crippen molar-refractivity contribution in [2.45, 2.75) is 78.4 Å². The summed E-state index contributed by atoms with van der Waals surface area (Å²) in [6.45, 7) is 9.46. The number of aliphatic hydroxyl groups excluding tert-OH is 2. The van der Waals surface area contributed by atoms with E-state index in [0.717, 1.165) is 48.0 Å². The Morgan fingerprint density at radius 1 is 1.02 bits per heavy atom. The number of hydrogen-bond acceptors (Lipinski definition) is 10. The number of para-hydroxylation sites is 1. The summed E-state index contributed by atoms with van der Waals surface area (Å²) in [5.74, 6) is -1.45. The minimum Gasteiger partial charge on any atom is -0.504 e. The molecule has 0 aliphatic heterocycles. The molecule has 0 radical (unpaired) electrons. The third kappa shape index (κ3) is 6.54. The molecule has 2 unspecified atom stereocenters. The molecule has 4 saturated carbocycles. The molecule has 3 heterocycles. The van der Waals surface area contributed by atoms with E-state index in [9.17, 15) is 20.1 Å². The van der Waals surface area contributed by atoms with Gasteiger partial charge >= 0.3 is 5.97 Å². The van der Waals surface area contributed by atoms with Crippen LogP contribution in [0, 0.1) is 23.2 Å². The van der Waals surface area contributed by atoms with Crippen LogP contribution < -0.4 is 11.5 Å². The van der Waals surface area contributed by atoms with Gasteiger partial charge in [-0.1, -0.05) is 37.3 Å². The fourth-order valence-corrected chi connectivity index (χ4v) is 11.0. The number of nitrogens with two attached hydrogens (primary N) is 2. The van der Waals surface area contributed by atoms with E-state index in [2.05, 4.69) is 28.8 Å². The van der Waals surface area contributed by atoms with Gasteiger partial charge in [0.05, 0.1) is 40.9 Å². The molecule has 3 aromatic heterocycles. The highest BCUT2D eigenvalue weighted by atomic mass is 32.1. The Kier molecular flexibility index (Phi) is 8.59. The number of aliphatic hydroxyl groups is 2. The second-order valence-electron chi connectivity index (χ2n) is 15.7. The molecule has 13 heteroatoms. The number of aliphatic imine (C=N–C) groups is 1. The molecule has 12 nitrogen and oxygen atoms in total. The first-order valence-corrected chi connectivity index (χ1v) is 18.1. The van der Waals surface area contributed by atoms with E-state index in [0.29, 0.717) is 35.0 Å². The number of fused-ring (bicyclic) bond motifs is 1. The van der Waals surface area contributed by atoms with E-state index in [-0.39, 0.29) is 57.1 Å². The van der Waals surface area contributed by atoms with E-state index < -0.39 is 5.97 Å². The zero-order valence-corrected chi connectivity index (χ0v) is 30.3. The summed E-state index contributed by atoms with van der Waals surface area (Å²) in [4.78, 5) is 25.8. The number of nitrogens with zero attached hydrogens (tertiary/aromatic N) is 5. The van der Waals surface area contributed by atoms with Gasteiger partial charge in [0, 0.05) is 23.4 Å². The molecule has 2 atom stereocenters. The Morgan fingerprint density at radius 2 is 1.75 bits per heavy atom. The average Bonchev–Trinajstić information content (AvgIpc) is 3.63. The van der Waals surface area contributed by atoms with Gasteiger partial charge < -0.3 is 31.5 Å². The number of carboxylic acid groups (broad SMARTS) is 1. The third-order valence-corrected chi connectivity index (χ3v) is 11.8. The lowest BCUT2D eigenvalue weighted by atomic mass is 9.39. The van der Waals surface area contributed by atoms with Gasteiger partial charge in [0.2, 0.25) is 5.13 Å². The first-order valence-electron chi connectivity index (χ1n) is 17.2. The normalized spacial score (nSPS) is 28.0. The van der Waals surface area contributed by atoms with Gasteiger partial charge in [-0.25, -0.2) is 19.8 Å². The van der Waals surface area contributed by atoms with Gasteiger partial charge in [-0.15, -0.1) is 0 Å². The molecule has 4 fully saturated rings. The van der Waals surface area contributed by atoms with E-state index in [4.69, 9.17) is 21.3 Å². The van der Waals surface area contributed by atoms with Gasteiger partial charge in [0.15, 0.2) is 11.5 Å². The molecule has 0 amide bonds. The van der Waals surface area contributed by atoms with Crippen LogP contribution in [-0.4, -0.2) is 65.7 Å². The second-order valence-corrected chi connectivity index (χ2v) is 16.7. The Hall–Kier alpha value is -4.59. The molecule has 51 heavy (non-hydrogen) atoms. The van der Waals surface area contributed by atoms with Crippen LogP contribution in [0.25, 0.3) is 27.1 Å². The minimum atomic E-state index is -1.24. The number of carboxylic acids is 1. The van der Waals surface area contributed by atoms with Crippen LogP contribution in [0.2, 0.25) is 0 Å². The lowest BCUT2D eigenvalue weighted by Crippen LogP contribution is -2.64. The Morgan fingerprint density at radius 3 is 2.43 bits per heavy atom. The molecule has 4 aliphatic rings. The highest BCUT2D eigenvalue weighted by Gasteiger charge is 2.66. The zero-order chi connectivity index (χ0) is 36.3. The van der Waals surface area contributed by atoms with Crippen molar-refractivity contribution in [2.24, 2.45) is 32.7 Å². The standard InChI is InChI=1S/C38H45N7O5S/c1-22(32(40)44-34-43-27-7-5-6-8-29(27)51-34)13-26(39)31(47)28-10-9-24(30(42-28)33(48)49)25-14-41-45(23(25)2)21-37-16-35(3)15-36(4,17-37)19-38(18-35,20-37)50-12-11-46/h5-10,13-14,46-47H,11-12,15-21,39H2,1-4H3,(H,48,49)(H2,40,43,44)/b22-13-,31-26+. The minimum absolute atomic E-state index is 0.00709. The topological polar surface area (TPSA) is 195 Å². The molecule has 268 valence electrons. The number of benzene rings is 1. The lowest BCUT2D eigenvalue weighted by molar-refractivity contribution is -0.250. The molecular weight excluding hydrogens is 667 g/mol. The van der Waals surface area contributed by atoms with Gasteiger partial charge in [-0.05, 0) is 105 Å². The van der Waals surface area contributed by atoms with E-state index >= 15 is 0 Å². The number of aromatic nitrogens is 4. The van der Waals surface area contributed by atoms with E-state index in [1.165, 1.54) is 23.8 Å². The summed E-state index contributed by atoms with van der Waals surface area (Å²) in [5, 5.41) is 36.2. The van der Waals surface area contributed by atoms with Crippen molar-refractivity contribution in [3.63, 3.8) is 0 Å². The molecule has 8 rings (SSSR count). The molecular formula is C38H45N7O5S. The maximum absolute atomic E-state index is 12.6. The van der Waals surface area contributed by atoms with Gasteiger partial charge in [0.25, 0.3) is 0 Å². The number of thiazole rings is 1. The quantitative estimate of drug-likeness (QED) is 0.0495. The fraction of sp³-hybridized carbons (Fsp3) is 0.447. The Balaban J connectivity index is 1.15. The van der Waals surface area contributed by atoms with Gasteiger partial charge in [0.1, 0.15) is 11.5 Å². The largest absolute Gasteiger partial charge is 0.504 e. The average molecular weight is 712 g/mol. The molecule has 0 saturated heterocycles. The van der Waals surface area contributed by atoms with Crippen LogP contribution in [0.1, 0.15) is 81.2 Å². The number of hydrogen-bond donors (Lipinski definition) is 5. The van der Waals surface area contributed by atoms with Crippen molar-refractivity contribution < 1.29 is 24.9 Å². The summed E-state index contributed by atoms with van der Waals surface area (Å²) < 4.78 is 9.42. The van der Waals surface area contributed by atoms with Crippen molar-refractivity contribution in [3.8, 4) is 11.1 Å². The zero-order valence-electron chi connectivity index (χ0n) is 29.4. The van der Waals surface area contributed by atoms with Crippen molar-refractivity contribution >= 4 is 44.2 Å².